The van der Waals surface area contributed by atoms with E-state index in [-0.39, 0.29) is 11.8 Å². The molecule has 0 saturated heterocycles. The molecule has 0 unspecified atom stereocenters. The van der Waals surface area contributed by atoms with E-state index < -0.39 is 11.8 Å². The lowest BCUT2D eigenvalue weighted by molar-refractivity contribution is -0.124. The Bertz CT molecular complexity index is 1460. The lowest BCUT2D eigenvalue weighted by atomic mass is 10.0. The van der Waals surface area contributed by atoms with Crippen molar-refractivity contribution in [3.63, 3.8) is 0 Å². The zero-order valence-electron chi connectivity index (χ0n) is 21.3. The second-order valence-electron chi connectivity index (χ2n) is 8.85. The van der Waals surface area contributed by atoms with Crippen LogP contribution in [0.1, 0.15) is 40.1 Å². The molecule has 0 aliphatic rings. The maximum atomic E-state index is 12.7. The quantitative estimate of drug-likeness (QED) is 0.333. The van der Waals surface area contributed by atoms with Gasteiger partial charge in [0.15, 0.2) is 0 Å². The van der Waals surface area contributed by atoms with Gasteiger partial charge >= 0.3 is 0 Å². The highest BCUT2D eigenvalue weighted by molar-refractivity contribution is 6.13. The molecular formula is C31H27N3O4. The predicted molar refractivity (Wildman–Crippen MR) is 149 cm³/mol. The van der Waals surface area contributed by atoms with Crippen LogP contribution in [-0.4, -0.2) is 23.6 Å². The van der Waals surface area contributed by atoms with Gasteiger partial charge in [0, 0.05) is 36.3 Å². The molecule has 38 heavy (non-hydrogen) atoms. The monoisotopic (exact) mass is 505 g/mol. The second kappa shape index (κ2) is 11.3. The van der Waals surface area contributed by atoms with E-state index in [1.165, 1.54) is 13.8 Å². The van der Waals surface area contributed by atoms with Crippen LogP contribution < -0.4 is 15.5 Å². The van der Waals surface area contributed by atoms with Crippen LogP contribution in [0.15, 0.2) is 97.1 Å². The zero-order chi connectivity index (χ0) is 27.2. The van der Waals surface area contributed by atoms with Crippen molar-refractivity contribution in [2.45, 2.75) is 20.8 Å². The summed E-state index contributed by atoms with van der Waals surface area (Å²) in [6, 6.07) is 28.6. The van der Waals surface area contributed by atoms with Crippen molar-refractivity contribution in [1.82, 2.24) is 0 Å². The van der Waals surface area contributed by atoms with Gasteiger partial charge in [0.05, 0.1) is 5.69 Å². The molecule has 4 rings (SSSR count). The summed E-state index contributed by atoms with van der Waals surface area (Å²) in [6.45, 7) is 4.60. The summed E-state index contributed by atoms with van der Waals surface area (Å²) >= 11 is 0. The molecule has 0 fully saturated rings. The van der Waals surface area contributed by atoms with Crippen molar-refractivity contribution < 1.29 is 19.2 Å². The maximum absolute atomic E-state index is 12.7. The molecule has 0 aromatic heterocycles. The number of benzene rings is 4. The highest BCUT2D eigenvalue weighted by Crippen LogP contribution is 2.24. The van der Waals surface area contributed by atoms with Gasteiger partial charge in [-0.25, -0.2) is 0 Å². The van der Waals surface area contributed by atoms with Crippen LogP contribution >= 0.6 is 0 Å². The Morgan fingerprint density at radius 1 is 0.526 bits per heavy atom. The first kappa shape index (κ1) is 26.0. The van der Waals surface area contributed by atoms with Gasteiger partial charge < -0.3 is 10.6 Å². The number of carbonyl (C=O) groups is 4. The van der Waals surface area contributed by atoms with Gasteiger partial charge in [-0.2, -0.15) is 0 Å². The van der Waals surface area contributed by atoms with E-state index in [1.54, 1.807) is 36.4 Å². The largest absolute Gasteiger partial charge is 0.322 e. The maximum Gasteiger partial charge on any atom is 0.255 e. The molecule has 0 aliphatic heterocycles. The van der Waals surface area contributed by atoms with E-state index in [0.717, 1.165) is 21.6 Å². The molecule has 2 N–H and O–H groups in total. The molecule has 190 valence electrons. The third kappa shape index (κ3) is 6.20. The van der Waals surface area contributed by atoms with Crippen LogP contribution in [-0.2, 0) is 9.59 Å². The van der Waals surface area contributed by atoms with Crippen LogP contribution in [0.3, 0.4) is 0 Å². The molecule has 7 heteroatoms. The SMILES string of the molecule is CC(=O)N(C(C)=O)c1ccc(C(=O)Nc2ccc(-c3ccc(NC(=O)c4ccc(C)cc4)cc3)cc2)cc1. The van der Waals surface area contributed by atoms with E-state index in [2.05, 4.69) is 10.6 Å². The first-order valence-corrected chi connectivity index (χ1v) is 12.0. The third-order valence-corrected chi connectivity index (χ3v) is 5.95. The van der Waals surface area contributed by atoms with Crippen LogP contribution in [0.4, 0.5) is 17.1 Å². The average molecular weight is 506 g/mol. The fourth-order valence-corrected chi connectivity index (χ4v) is 3.95. The minimum atomic E-state index is -0.392. The summed E-state index contributed by atoms with van der Waals surface area (Å²) in [5, 5.41) is 5.75. The highest BCUT2D eigenvalue weighted by Gasteiger charge is 2.16. The molecule has 0 heterocycles. The van der Waals surface area contributed by atoms with Crippen molar-refractivity contribution >= 4 is 40.7 Å². The van der Waals surface area contributed by atoms with E-state index in [1.807, 2.05) is 67.6 Å². The minimum Gasteiger partial charge on any atom is -0.322 e. The standard InChI is InChI=1S/C31H27N3O4/c1-20-4-6-25(7-5-20)30(37)32-27-14-8-23(9-15-27)24-10-16-28(17-11-24)33-31(38)26-12-18-29(19-13-26)34(21(2)35)22(3)36/h4-19H,1-3H3,(H,32,37)(H,33,38). The Morgan fingerprint density at radius 3 is 1.26 bits per heavy atom. The van der Waals surface area contributed by atoms with Crippen molar-refractivity contribution in [2.24, 2.45) is 0 Å². The predicted octanol–water partition coefficient (Wildman–Crippen LogP) is 6.07. The molecule has 7 nitrogen and oxygen atoms in total. The summed E-state index contributed by atoms with van der Waals surface area (Å²) in [5.74, 6) is -1.26. The Hall–Kier alpha value is -5.04. The van der Waals surface area contributed by atoms with Crippen molar-refractivity contribution in [3.8, 4) is 11.1 Å². The number of amides is 4. The lowest BCUT2D eigenvalue weighted by Crippen LogP contribution is -2.33. The van der Waals surface area contributed by atoms with Gasteiger partial charge in [0.2, 0.25) is 11.8 Å². The van der Waals surface area contributed by atoms with Gasteiger partial charge in [-0.05, 0) is 78.7 Å². The second-order valence-corrected chi connectivity index (χ2v) is 8.85. The summed E-state index contributed by atoms with van der Waals surface area (Å²) in [5.41, 5.74) is 5.74. The number of hydrogen-bond donors (Lipinski definition) is 2. The summed E-state index contributed by atoms with van der Waals surface area (Å²) in [4.78, 5) is 49.6. The molecular weight excluding hydrogens is 478 g/mol. The molecule has 0 saturated carbocycles. The molecule has 0 spiro atoms. The average Bonchev–Trinajstić information content (AvgIpc) is 2.90. The van der Waals surface area contributed by atoms with Crippen LogP contribution in [0.25, 0.3) is 11.1 Å². The van der Waals surface area contributed by atoms with Gasteiger partial charge in [-0.15, -0.1) is 0 Å². The Balaban J connectivity index is 1.37. The van der Waals surface area contributed by atoms with Crippen LogP contribution in [0.5, 0.6) is 0 Å². The number of imide groups is 1. The first-order valence-electron chi connectivity index (χ1n) is 12.0. The Labute approximate surface area is 221 Å². The smallest absolute Gasteiger partial charge is 0.255 e. The number of carbonyl (C=O) groups excluding carboxylic acids is 4. The fourth-order valence-electron chi connectivity index (χ4n) is 3.95. The Kier molecular flexibility index (Phi) is 7.77. The van der Waals surface area contributed by atoms with Crippen molar-refractivity contribution in [3.05, 3.63) is 114 Å². The molecule has 0 bridgehead atoms. The number of rotatable bonds is 6. The lowest BCUT2D eigenvalue weighted by Gasteiger charge is -2.17. The molecule has 0 atom stereocenters. The zero-order valence-corrected chi connectivity index (χ0v) is 21.3. The first-order chi connectivity index (χ1) is 18.2. The highest BCUT2D eigenvalue weighted by atomic mass is 16.2. The molecule has 4 aromatic rings. The van der Waals surface area contributed by atoms with Gasteiger partial charge in [-0.1, -0.05) is 42.0 Å². The van der Waals surface area contributed by atoms with E-state index in [0.29, 0.717) is 28.2 Å². The van der Waals surface area contributed by atoms with Crippen molar-refractivity contribution in [2.75, 3.05) is 15.5 Å². The van der Waals surface area contributed by atoms with E-state index in [4.69, 9.17) is 0 Å². The number of hydrogen-bond acceptors (Lipinski definition) is 4. The number of aryl methyl sites for hydroxylation is 1. The van der Waals surface area contributed by atoms with Crippen molar-refractivity contribution in [1.29, 1.82) is 0 Å². The molecule has 0 aliphatic carbocycles. The van der Waals surface area contributed by atoms with E-state index in [9.17, 15) is 19.2 Å². The molecule has 4 amide bonds. The third-order valence-electron chi connectivity index (χ3n) is 5.95. The van der Waals surface area contributed by atoms with E-state index >= 15 is 0 Å². The number of nitrogens with one attached hydrogen (secondary N) is 2. The van der Waals surface area contributed by atoms with Crippen LogP contribution in [0.2, 0.25) is 0 Å². The minimum absolute atomic E-state index is 0.164. The van der Waals surface area contributed by atoms with Gasteiger partial charge in [0.25, 0.3) is 11.8 Å². The molecule has 4 aromatic carbocycles. The summed E-state index contributed by atoms with van der Waals surface area (Å²) < 4.78 is 0. The molecule has 0 radical (unpaired) electrons. The van der Waals surface area contributed by atoms with Gasteiger partial charge in [-0.3, -0.25) is 24.1 Å². The number of anilines is 3. The summed E-state index contributed by atoms with van der Waals surface area (Å²) in [6.07, 6.45) is 0. The van der Waals surface area contributed by atoms with Gasteiger partial charge in [0.1, 0.15) is 0 Å². The topological polar surface area (TPSA) is 95.6 Å². The Morgan fingerprint density at radius 2 is 0.895 bits per heavy atom. The fraction of sp³-hybridized carbons (Fsp3) is 0.0968. The summed E-state index contributed by atoms with van der Waals surface area (Å²) in [7, 11) is 0. The van der Waals surface area contributed by atoms with Crippen LogP contribution in [0, 0.1) is 6.92 Å². The normalized spacial score (nSPS) is 10.4. The number of nitrogens with zero attached hydrogens (tertiary/aromatic N) is 1.